The number of amides is 2. The Kier molecular flexibility index (Phi) is 4.68. The van der Waals surface area contributed by atoms with Crippen LogP contribution in [0.4, 0.5) is 17.1 Å². The molecule has 2 amide bonds. The van der Waals surface area contributed by atoms with Crippen LogP contribution in [0.1, 0.15) is 10.4 Å². The molecular weight excluding hydrogens is 344 g/mol. The van der Waals surface area contributed by atoms with Crippen LogP contribution in [-0.4, -0.2) is 56.5 Å². The first-order chi connectivity index (χ1) is 13.1. The number of anilines is 3. The maximum atomic E-state index is 12.9. The van der Waals surface area contributed by atoms with Gasteiger partial charge in [-0.05, 0) is 31.3 Å². The maximum absolute atomic E-state index is 12.9. The van der Waals surface area contributed by atoms with Crippen molar-refractivity contribution < 1.29 is 14.3 Å². The van der Waals surface area contributed by atoms with E-state index < -0.39 is 0 Å². The molecule has 2 N–H and O–H groups in total. The smallest absolute Gasteiger partial charge is 0.262 e. The molecule has 4 rings (SSSR count). The molecule has 0 saturated carbocycles. The molecule has 0 bridgehead atoms. The zero-order valence-corrected chi connectivity index (χ0v) is 15.2. The number of benzene rings is 2. The summed E-state index contributed by atoms with van der Waals surface area (Å²) < 4.78 is 5.42. The first-order valence-electron chi connectivity index (χ1n) is 9.01. The number of piperazine rings is 1. The van der Waals surface area contributed by atoms with Gasteiger partial charge in [-0.3, -0.25) is 9.59 Å². The minimum Gasteiger partial charge on any atom is -0.482 e. The molecule has 0 unspecified atom stereocenters. The van der Waals surface area contributed by atoms with Crippen molar-refractivity contribution in [2.75, 3.05) is 55.4 Å². The fraction of sp³-hybridized carbons (Fsp3) is 0.300. The van der Waals surface area contributed by atoms with Crippen molar-refractivity contribution in [2.24, 2.45) is 0 Å². The predicted molar refractivity (Wildman–Crippen MR) is 105 cm³/mol. The van der Waals surface area contributed by atoms with Crippen LogP contribution in [0, 0.1) is 0 Å². The minimum atomic E-state index is -0.180. The van der Waals surface area contributed by atoms with E-state index in [0.29, 0.717) is 22.7 Å². The second kappa shape index (κ2) is 7.28. The SMILES string of the molecule is CN1CCN(c2ccccc2C(=O)Nc2ccc3c(c2)OCC(=O)N3)CC1. The number of carbonyl (C=O) groups is 2. The predicted octanol–water partition coefficient (Wildman–Crippen LogP) is 2.02. The molecule has 0 radical (unpaired) electrons. The number of carbonyl (C=O) groups excluding carboxylic acids is 2. The molecule has 7 nitrogen and oxygen atoms in total. The van der Waals surface area contributed by atoms with E-state index in [1.165, 1.54) is 0 Å². The summed E-state index contributed by atoms with van der Waals surface area (Å²) in [5.74, 6) is 0.212. The van der Waals surface area contributed by atoms with Gasteiger partial charge in [0.15, 0.2) is 6.61 Å². The molecule has 1 fully saturated rings. The first-order valence-corrected chi connectivity index (χ1v) is 9.01. The van der Waals surface area contributed by atoms with Crippen LogP contribution in [-0.2, 0) is 4.79 Å². The number of hydrogen-bond acceptors (Lipinski definition) is 5. The van der Waals surface area contributed by atoms with Crippen LogP contribution in [0.5, 0.6) is 5.75 Å². The van der Waals surface area contributed by atoms with Gasteiger partial charge in [-0.2, -0.15) is 0 Å². The number of nitrogens with zero attached hydrogens (tertiary/aromatic N) is 2. The Hall–Kier alpha value is -3.06. The largest absolute Gasteiger partial charge is 0.482 e. The zero-order valence-electron chi connectivity index (χ0n) is 15.2. The highest BCUT2D eigenvalue weighted by Gasteiger charge is 2.21. The van der Waals surface area contributed by atoms with Gasteiger partial charge in [0.05, 0.1) is 11.3 Å². The van der Waals surface area contributed by atoms with Gasteiger partial charge in [0, 0.05) is 43.6 Å². The molecule has 2 heterocycles. The molecule has 140 valence electrons. The zero-order chi connectivity index (χ0) is 18.8. The lowest BCUT2D eigenvalue weighted by Gasteiger charge is -2.35. The van der Waals surface area contributed by atoms with E-state index in [2.05, 4.69) is 27.5 Å². The average molecular weight is 366 g/mol. The summed E-state index contributed by atoms with van der Waals surface area (Å²) in [7, 11) is 2.11. The van der Waals surface area contributed by atoms with E-state index in [4.69, 9.17) is 4.74 Å². The average Bonchev–Trinajstić information content (AvgIpc) is 2.69. The number of fused-ring (bicyclic) bond motifs is 1. The Morgan fingerprint density at radius 1 is 1.11 bits per heavy atom. The standard InChI is InChI=1S/C20H22N4O3/c1-23-8-10-24(11-9-23)17-5-3-2-4-15(17)20(26)21-14-6-7-16-18(12-14)27-13-19(25)22-16/h2-7,12H,8-11,13H2,1H3,(H,21,26)(H,22,25). The number of likely N-dealkylation sites (N-methyl/N-ethyl adjacent to an activating group) is 1. The van der Waals surface area contributed by atoms with Gasteiger partial charge in [-0.1, -0.05) is 12.1 Å². The molecule has 2 aromatic carbocycles. The normalized spacial score (nSPS) is 16.9. The minimum absolute atomic E-state index is 0.0172. The topological polar surface area (TPSA) is 73.9 Å². The van der Waals surface area contributed by atoms with Gasteiger partial charge in [0.1, 0.15) is 5.75 Å². The Bertz CT molecular complexity index is 875. The highest BCUT2D eigenvalue weighted by atomic mass is 16.5. The number of para-hydroxylation sites is 1. The monoisotopic (exact) mass is 366 g/mol. The van der Waals surface area contributed by atoms with Crippen molar-refractivity contribution >= 4 is 28.9 Å². The number of hydrogen-bond donors (Lipinski definition) is 2. The summed E-state index contributed by atoms with van der Waals surface area (Å²) in [6.07, 6.45) is 0. The fourth-order valence-corrected chi connectivity index (χ4v) is 3.34. The molecule has 2 aromatic rings. The lowest BCUT2D eigenvalue weighted by atomic mass is 10.1. The van der Waals surface area contributed by atoms with Crippen LogP contribution < -0.4 is 20.3 Å². The lowest BCUT2D eigenvalue weighted by Crippen LogP contribution is -2.45. The van der Waals surface area contributed by atoms with E-state index in [-0.39, 0.29) is 18.4 Å². The third kappa shape index (κ3) is 3.73. The van der Waals surface area contributed by atoms with Gasteiger partial charge >= 0.3 is 0 Å². The van der Waals surface area contributed by atoms with Crippen molar-refractivity contribution in [1.29, 1.82) is 0 Å². The van der Waals surface area contributed by atoms with Gasteiger partial charge < -0.3 is 25.2 Å². The Morgan fingerprint density at radius 3 is 2.70 bits per heavy atom. The van der Waals surface area contributed by atoms with Crippen molar-refractivity contribution in [3.05, 3.63) is 48.0 Å². The molecule has 0 aromatic heterocycles. The van der Waals surface area contributed by atoms with E-state index in [0.717, 1.165) is 31.9 Å². The molecule has 27 heavy (non-hydrogen) atoms. The van der Waals surface area contributed by atoms with Crippen LogP contribution in [0.2, 0.25) is 0 Å². The number of nitrogens with one attached hydrogen (secondary N) is 2. The van der Waals surface area contributed by atoms with Crippen molar-refractivity contribution in [3.8, 4) is 5.75 Å². The highest BCUT2D eigenvalue weighted by molar-refractivity contribution is 6.08. The summed E-state index contributed by atoms with van der Waals surface area (Å²) in [4.78, 5) is 28.8. The summed E-state index contributed by atoms with van der Waals surface area (Å²) in [5.41, 5.74) is 2.84. The molecule has 2 aliphatic rings. The second-order valence-corrected chi connectivity index (χ2v) is 6.81. The van der Waals surface area contributed by atoms with E-state index in [1.54, 1.807) is 18.2 Å². The molecule has 1 saturated heterocycles. The van der Waals surface area contributed by atoms with Gasteiger partial charge in [-0.15, -0.1) is 0 Å². The van der Waals surface area contributed by atoms with Crippen LogP contribution in [0.3, 0.4) is 0 Å². The molecular formula is C20H22N4O3. The summed E-state index contributed by atoms with van der Waals surface area (Å²) in [5, 5.41) is 5.68. The summed E-state index contributed by atoms with van der Waals surface area (Å²) in [6, 6.07) is 12.9. The fourth-order valence-electron chi connectivity index (χ4n) is 3.34. The summed E-state index contributed by atoms with van der Waals surface area (Å²) in [6.45, 7) is 3.73. The Morgan fingerprint density at radius 2 is 1.89 bits per heavy atom. The van der Waals surface area contributed by atoms with Crippen LogP contribution in [0.25, 0.3) is 0 Å². The Balaban J connectivity index is 1.53. The lowest BCUT2D eigenvalue weighted by molar-refractivity contribution is -0.118. The van der Waals surface area contributed by atoms with Crippen molar-refractivity contribution in [3.63, 3.8) is 0 Å². The third-order valence-electron chi connectivity index (χ3n) is 4.86. The maximum Gasteiger partial charge on any atom is 0.262 e. The van der Waals surface area contributed by atoms with Gasteiger partial charge in [-0.25, -0.2) is 0 Å². The number of rotatable bonds is 3. The van der Waals surface area contributed by atoms with Crippen LogP contribution in [0.15, 0.2) is 42.5 Å². The molecule has 0 aliphatic carbocycles. The van der Waals surface area contributed by atoms with E-state index in [9.17, 15) is 9.59 Å². The molecule has 2 aliphatic heterocycles. The third-order valence-corrected chi connectivity index (χ3v) is 4.86. The molecule has 0 atom stereocenters. The highest BCUT2D eigenvalue weighted by Crippen LogP contribution is 2.31. The second-order valence-electron chi connectivity index (χ2n) is 6.81. The molecule has 7 heteroatoms. The van der Waals surface area contributed by atoms with E-state index >= 15 is 0 Å². The van der Waals surface area contributed by atoms with E-state index in [1.807, 2.05) is 24.3 Å². The van der Waals surface area contributed by atoms with Gasteiger partial charge in [0.25, 0.3) is 11.8 Å². The quantitative estimate of drug-likeness (QED) is 0.869. The number of ether oxygens (including phenoxy) is 1. The van der Waals surface area contributed by atoms with Crippen molar-refractivity contribution in [1.82, 2.24) is 4.90 Å². The van der Waals surface area contributed by atoms with Gasteiger partial charge in [0.2, 0.25) is 0 Å². The first kappa shape index (κ1) is 17.4. The molecule has 0 spiro atoms. The summed E-state index contributed by atoms with van der Waals surface area (Å²) >= 11 is 0. The Labute approximate surface area is 157 Å². The van der Waals surface area contributed by atoms with Crippen molar-refractivity contribution in [2.45, 2.75) is 0 Å². The van der Waals surface area contributed by atoms with Crippen LogP contribution >= 0.6 is 0 Å².